The van der Waals surface area contributed by atoms with Crippen LogP contribution in [0.15, 0.2) is 42.5 Å². The fourth-order valence-electron chi connectivity index (χ4n) is 2.11. The van der Waals surface area contributed by atoms with Crippen molar-refractivity contribution in [2.24, 2.45) is 5.41 Å². The Morgan fingerprint density at radius 1 is 1.15 bits per heavy atom. The van der Waals surface area contributed by atoms with Gasteiger partial charge in [0, 0.05) is 12.0 Å². The fourth-order valence-corrected chi connectivity index (χ4v) is 2.11. The Kier molecular flexibility index (Phi) is 4.09. The van der Waals surface area contributed by atoms with Gasteiger partial charge in [0.2, 0.25) is 5.91 Å². The van der Waals surface area contributed by atoms with E-state index in [1.54, 1.807) is 0 Å². The molecule has 0 bridgehead atoms. The highest BCUT2D eigenvalue weighted by molar-refractivity contribution is 5.86. The molecule has 1 amide bonds. The van der Waals surface area contributed by atoms with Crippen LogP contribution in [0.25, 0.3) is 10.8 Å². The van der Waals surface area contributed by atoms with Gasteiger partial charge in [-0.15, -0.1) is 0 Å². The molecule has 3 nitrogen and oxygen atoms in total. The van der Waals surface area contributed by atoms with E-state index in [-0.39, 0.29) is 12.5 Å². The van der Waals surface area contributed by atoms with Crippen molar-refractivity contribution in [1.82, 2.24) is 5.32 Å². The Morgan fingerprint density at radius 2 is 1.80 bits per heavy atom. The summed E-state index contributed by atoms with van der Waals surface area (Å²) in [6.07, 6.45) is -0.701. The summed E-state index contributed by atoms with van der Waals surface area (Å²) in [6, 6.07) is 13.8. The maximum absolute atomic E-state index is 11.8. The molecule has 0 aliphatic rings. The minimum atomic E-state index is -0.701. The minimum absolute atomic E-state index is 0.0585. The number of nitrogens with one attached hydrogen (secondary N) is 1. The molecular weight excluding hydrogens is 250 g/mol. The monoisotopic (exact) mass is 271 g/mol. The number of aliphatic hydroxyl groups excluding tert-OH is 1. The molecule has 0 aromatic heterocycles. The summed E-state index contributed by atoms with van der Waals surface area (Å²) in [7, 11) is 0. The van der Waals surface area contributed by atoms with Gasteiger partial charge in [-0.3, -0.25) is 4.79 Å². The number of carbonyl (C=O) groups excluding carboxylic acids is 1. The molecule has 0 aliphatic carbocycles. The normalized spacial score (nSPS) is 13.2. The molecule has 20 heavy (non-hydrogen) atoms. The molecule has 0 radical (unpaired) electrons. The molecule has 0 heterocycles. The van der Waals surface area contributed by atoms with E-state index in [0.717, 1.165) is 16.3 Å². The number of benzene rings is 2. The van der Waals surface area contributed by atoms with E-state index >= 15 is 0 Å². The quantitative estimate of drug-likeness (QED) is 0.901. The van der Waals surface area contributed by atoms with Gasteiger partial charge >= 0.3 is 0 Å². The molecule has 2 N–H and O–H groups in total. The molecule has 0 saturated heterocycles. The highest BCUT2D eigenvalue weighted by atomic mass is 16.3. The van der Waals surface area contributed by atoms with E-state index < -0.39 is 11.5 Å². The van der Waals surface area contributed by atoms with Crippen molar-refractivity contribution in [3.05, 3.63) is 48.0 Å². The molecule has 3 heteroatoms. The molecular formula is C17H21NO2. The van der Waals surface area contributed by atoms with Gasteiger partial charge in [-0.1, -0.05) is 63.2 Å². The van der Waals surface area contributed by atoms with Crippen molar-refractivity contribution in [2.45, 2.75) is 26.9 Å². The highest BCUT2D eigenvalue weighted by Gasteiger charge is 2.22. The molecule has 1 atom stereocenters. The Hall–Kier alpha value is -1.87. The number of amides is 1. The van der Waals surface area contributed by atoms with Crippen LogP contribution < -0.4 is 5.32 Å². The summed E-state index contributed by atoms with van der Waals surface area (Å²) in [5, 5.41) is 15.2. The van der Waals surface area contributed by atoms with Gasteiger partial charge in [0.15, 0.2) is 0 Å². The minimum Gasteiger partial charge on any atom is -0.387 e. The number of carbonyl (C=O) groups is 1. The molecule has 0 fully saturated rings. The smallest absolute Gasteiger partial charge is 0.225 e. The van der Waals surface area contributed by atoms with Crippen LogP contribution in [0.5, 0.6) is 0 Å². The van der Waals surface area contributed by atoms with E-state index in [9.17, 15) is 9.90 Å². The van der Waals surface area contributed by atoms with E-state index in [0.29, 0.717) is 0 Å². The summed E-state index contributed by atoms with van der Waals surface area (Å²) in [5.41, 5.74) is 0.399. The number of hydrogen-bond donors (Lipinski definition) is 2. The van der Waals surface area contributed by atoms with Crippen molar-refractivity contribution in [3.63, 3.8) is 0 Å². The largest absolute Gasteiger partial charge is 0.387 e. The van der Waals surface area contributed by atoms with Crippen LogP contribution >= 0.6 is 0 Å². The SMILES string of the molecule is CC(C)(C)C(=O)NC[C@@H](O)c1cccc2ccccc12. The van der Waals surface area contributed by atoms with Crippen LogP contribution in [0.3, 0.4) is 0 Å². The second-order valence-electron chi connectivity index (χ2n) is 6.04. The first-order valence-electron chi connectivity index (χ1n) is 6.83. The van der Waals surface area contributed by atoms with Crippen LogP contribution in [-0.4, -0.2) is 17.6 Å². The van der Waals surface area contributed by atoms with Gasteiger partial charge in [0.05, 0.1) is 6.10 Å². The zero-order valence-corrected chi connectivity index (χ0v) is 12.2. The second-order valence-corrected chi connectivity index (χ2v) is 6.04. The summed E-state index contributed by atoms with van der Waals surface area (Å²) >= 11 is 0. The number of aliphatic hydroxyl groups is 1. The van der Waals surface area contributed by atoms with Crippen molar-refractivity contribution >= 4 is 16.7 Å². The standard InChI is InChI=1S/C17H21NO2/c1-17(2,3)16(20)18-11-15(19)14-10-6-8-12-7-4-5-9-13(12)14/h4-10,15,19H,11H2,1-3H3,(H,18,20)/t15-/m1/s1. The number of fused-ring (bicyclic) bond motifs is 1. The zero-order valence-electron chi connectivity index (χ0n) is 12.2. The van der Waals surface area contributed by atoms with Crippen molar-refractivity contribution in [2.75, 3.05) is 6.54 Å². The molecule has 0 spiro atoms. The van der Waals surface area contributed by atoms with Gasteiger partial charge in [0.25, 0.3) is 0 Å². The second kappa shape index (κ2) is 5.63. The Morgan fingerprint density at radius 3 is 2.50 bits per heavy atom. The van der Waals surface area contributed by atoms with E-state index in [1.165, 1.54) is 0 Å². The van der Waals surface area contributed by atoms with Crippen LogP contribution in [0.1, 0.15) is 32.4 Å². The van der Waals surface area contributed by atoms with Gasteiger partial charge in [0.1, 0.15) is 0 Å². The number of rotatable bonds is 3. The third kappa shape index (κ3) is 3.17. The van der Waals surface area contributed by atoms with Gasteiger partial charge < -0.3 is 10.4 Å². The summed E-state index contributed by atoms with van der Waals surface area (Å²) in [5.74, 6) is -0.0585. The highest BCUT2D eigenvalue weighted by Crippen LogP contribution is 2.24. The third-order valence-corrected chi connectivity index (χ3v) is 3.32. The first-order chi connectivity index (χ1) is 9.39. The molecule has 0 unspecified atom stereocenters. The molecule has 2 rings (SSSR count). The van der Waals surface area contributed by atoms with Crippen molar-refractivity contribution in [1.29, 1.82) is 0 Å². The van der Waals surface area contributed by atoms with E-state index in [1.807, 2.05) is 63.2 Å². The number of hydrogen-bond acceptors (Lipinski definition) is 2. The fraction of sp³-hybridized carbons (Fsp3) is 0.353. The maximum atomic E-state index is 11.8. The van der Waals surface area contributed by atoms with Crippen LogP contribution in [0.2, 0.25) is 0 Å². The van der Waals surface area contributed by atoms with E-state index in [4.69, 9.17) is 0 Å². The third-order valence-electron chi connectivity index (χ3n) is 3.32. The lowest BCUT2D eigenvalue weighted by Gasteiger charge is -2.20. The zero-order chi connectivity index (χ0) is 14.8. The lowest BCUT2D eigenvalue weighted by molar-refractivity contribution is -0.128. The molecule has 0 aliphatic heterocycles. The van der Waals surface area contributed by atoms with Gasteiger partial charge in [-0.25, -0.2) is 0 Å². The first kappa shape index (κ1) is 14.5. The Balaban J connectivity index is 2.16. The molecule has 0 saturated carbocycles. The average molecular weight is 271 g/mol. The first-order valence-corrected chi connectivity index (χ1v) is 6.83. The Labute approximate surface area is 119 Å². The predicted octanol–water partition coefficient (Wildman–Crippen LogP) is 3.04. The van der Waals surface area contributed by atoms with Crippen molar-refractivity contribution in [3.8, 4) is 0 Å². The summed E-state index contributed by atoms with van der Waals surface area (Å²) in [6.45, 7) is 5.79. The topological polar surface area (TPSA) is 49.3 Å². The van der Waals surface area contributed by atoms with Crippen LogP contribution in [0, 0.1) is 5.41 Å². The Bertz CT molecular complexity index is 608. The molecule has 2 aromatic rings. The summed E-state index contributed by atoms with van der Waals surface area (Å²) < 4.78 is 0. The molecule has 106 valence electrons. The molecule has 2 aromatic carbocycles. The van der Waals surface area contributed by atoms with Crippen LogP contribution in [0.4, 0.5) is 0 Å². The summed E-state index contributed by atoms with van der Waals surface area (Å²) in [4.78, 5) is 11.8. The van der Waals surface area contributed by atoms with Crippen LogP contribution in [-0.2, 0) is 4.79 Å². The lowest BCUT2D eigenvalue weighted by atomic mass is 9.95. The predicted molar refractivity (Wildman–Crippen MR) is 81.4 cm³/mol. The van der Waals surface area contributed by atoms with E-state index in [2.05, 4.69) is 5.32 Å². The van der Waals surface area contributed by atoms with Gasteiger partial charge in [-0.05, 0) is 16.3 Å². The van der Waals surface area contributed by atoms with Gasteiger partial charge in [-0.2, -0.15) is 0 Å². The lowest BCUT2D eigenvalue weighted by Crippen LogP contribution is -2.37. The van der Waals surface area contributed by atoms with Crippen molar-refractivity contribution < 1.29 is 9.90 Å². The maximum Gasteiger partial charge on any atom is 0.225 e. The average Bonchev–Trinajstić information content (AvgIpc) is 2.42.